The summed E-state index contributed by atoms with van der Waals surface area (Å²) in [7, 11) is -9.90. The molecular formula is C73H142O17P2. The van der Waals surface area contributed by atoms with Crippen LogP contribution >= 0.6 is 15.6 Å². The predicted molar refractivity (Wildman–Crippen MR) is 372 cm³/mol. The van der Waals surface area contributed by atoms with Crippen LogP contribution < -0.4 is 0 Å². The van der Waals surface area contributed by atoms with Gasteiger partial charge in [-0.2, -0.15) is 0 Å². The van der Waals surface area contributed by atoms with E-state index in [0.717, 1.165) is 95.8 Å². The van der Waals surface area contributed by atoms with E-state index < -0.39 is 97.5 Å². The summed E-state index contributed by atoms with van der Waals surface area (Å²) in [6.07, 6.45) is 53.9. The van der Waals surface area contributed by atoms with Crippen molar-refractivity contribution in [3.8, 4) is 0 Å². The van der Waals surface area contributed by atoms with Gasteiger partial charge in [0.1, 0.15) is 19.3 Å². The van der Waals surface area contributed by atoms with E-state index in [2.05, 4.69) is 34.6 Å². The molecule has 0 spiro atoms. The van der Waals surface area contributed by atoms with E-state index in [-0.39, 0.29) is 25.7 Å². The van der Waals surface area contributed by atoms with Crippen molar-refractivity contribution in [1.29, 1.82) is 0 Å². The molecule has 0 aliphatic rings. The van der Waals surface area contributed by atoms with Crippen molar-refractivity contribution in [3.05, 3.63) is 0 Å². The fourth-order valence-corrected chi connectivity index (χ4v) is 12.8. The molecule has 0 aliphatic heterocycles. The number of phosphoric ester groups is 2. The average Bonchev–Trinajstić information content (AvgIpc) is 3.73. The number of aliphatic hydroxyl groups is 1. The molecule has 92 heavy (non-hydrogen) atoms. The number of carbonyl (C=O) groups excluding carboxylic acids is 4. The van der Waals surface area contributed by atoms with Crippen LogP contribution in [0.5, 0.6) is 0 Å². The summed E-state index contributed by atoms with van der Waals surface area (Å²) in [4.78, 5) is 72.6. The van der Waals surface area contributed by atoms with E-state index in [1.165, 1.54) is 205 Å². The van der Waals surface area contributed by atoms with Crippen molar-refractivity contribution in [2.75, 3.05) is 39.6 Å². The minimum Gasteiger partial charge on any atom is -0.462 e. The molecule has 0 amide bonds. The van der Waals surface area contributed by atoms with Crippen LogP contribution in [0.3, 0.4) is 0 Å². The number of ether oxygens (including phenoxy) is 4. The van der Waals surface area contributed by atoms with Gasteiger partial charge in [-0.1, -0.05) is 330 Å². The van der Waals surface area contributed by atoms with Crippen LogP contribution in [0.15, 0.2) is 0 Å². The molecule has 0 aromatic carbocycles. The van der Waals surface area contributed by atoms with E-state index in [0.29, 0.717) is 25.7 Å². The first-order chi connectivity index (χ1) is 44.5. The van der Waals surface area contributed by atoms with Crippen molar-refractivity contribution in [1.82, 2.24) is 0 Å². The number of esters is 4. The van der Waals surface area contributed by atoms with Gasteiger partial charge in [0.05, 0.1) is 26.4 Å². The Morgan fingerprint density at radius 1 is 0.293 bits per heavy atom. The molecule has 0 bridgehead atoms. The molecule has 0 radical (unpaired) electrons. The summed E-state index contributed by atoms with van der Waals surface area (Å²) in [5.41, 5.74) is 0. The Kier molecular flexibility index (Phi) is 64.9. The molecule has 0 heterocycles. The van der Waals surface area contributed by atoms with E-state index >= 15 is 0 Å². The first-order valence-corrected chi connectivity index (χ1v) is 41.1. The maximum absolute atomic E-state index is 13.1. The molecule has 0 fully saturated rings. The summed E-state index contributed by atoms with van der Waals surface area (Å²) in [6.45, 7) is 7.28. The Balaban J connectivity index is 5.24. The molecule has 19 heteroatoms. The third kappa shape index (κ3) is 66.7. The summed E-state index contributed by atoms with van der Waals surface area (Å²) in [6, 6.07) is 0. The van der Waals surface area contributed by atoms with Crippen LogP contribution in [0.2, 0.25) is 0 Å². The third-order valence-corrected chi connectivity index (χ3v) is 18.9. The van der Waals surface area contributed by atoms with Gasteiger partial charge in [0.2, 0.25) is 0 Å². The number of carbonyl (C=O) groups is 4. The minimum atomic E-state index is -4.95. The van der Waals surface area contributed by atoms with Crippen molar-refractivity contribution >= 4 is 39.5 Å². The highest BCUT2D eigenvalue weighted by Crippen LogP contribution is 2.45. The molecule has 0 aliphatic carbocycles. The SMILES string of the molecule is CCCCCCCCCCCCCCCCCC(=O)OC[C@H](COP(=O)(O)OC[C@@H](O)COP(=O)(O)OC[C@@H](COC(=O)CCCCCCCCCCCC)OC(=O)CCCCCCCCCCCCC)OC(=O)CCCCCCCCCCCCCCCC(C)C. The zero-order valence-corrected chi connectivity index (χ0v) is 61.5. The lowest BCUT2D eigenvalue weighted by atomic mass is 10.0. The largest absolute Gasteiger partial charge is 0.472 e. The Bertz CT molecular complexity index is 1770. The van der Waals surface area contributed by atoms with Crippen LogP contribution in [0, 0.1) is 5.92 Å². The summed E-state index contributed by atoms with van der Waals surface area (Å²) in [5, 5.41) is 10.6. The predicted octanol–water partition coefficient (Wildman–Crippen LogP) is 21.3. The van der Waals surface area contributed by atoms with E-state index in [1.807, 2.05) is 0 Å². The minimum absolute atomic E-state index is 0.107. The zero-order valence-electron chi connectivity index (χ0n) is 59.7. The summed E-state index contributed by atoms with van der Waals surface area (Å²) >= 11 is 0. The van der Waals surface area contributed by atoms with E-state index in [4.69, 9.17) is 37.0 Å². The van der Waals surface area contributed by atoms with Crippen LogP contribution in [-0.2, 0) is 65.4 Å². The van der Waals surface area contributed by atoms with Crippen molar-refractivity contribution in [3.63, 3.8) is 0 Å². The molecule has 0 saturated heterocycles. The van der Waals surface area contributed by atoms with Gasteiger partial charge < -0.3 is 33.8 Å². The number of rotatable bonds is 73. The molecule has 0 aromatic heterocycles. The standard InChI is InChI=1S/C73H142O17P2/c1-6-9-12-15-18-21-24-25-26-29-33-37-42-47-52-57-71(76)84-63-69(90-73(78)59-54-49-44-39-34-30-27-28-32-35-40-45-50-55-66(4)5)65-88-92(81,82)86-61-67(74)60-85-91(79,80)87-64-68(62-83-70(75)56-51-46-41-36-23-20-17-14-11-8-3)89-72(77)58-53-48-43-38-31-22-19-16-13-10-7-2/h66-69,74H,6-65H2,1-5H3,(H,79,80)(H,81,82)/t67-,68+,69+/m0/s1. The highest BCUT2D eigenvalue weighted by Gasteiger charge is 2.30. The Labute approximate surface area is 562 Å². The monoisotopic (exact) mass is 1350 g/mol. The quantitative estimate of drug-likeness (QED) is 0.0222. The normalized spacial score (nSPS) is 14.0. The third-order valence-electron chi connectivity index (χ3n) is 17.0. The molecule has 546 valence electrons. The van der Waals surface area contributed by atoms with Gasteiger partial charge in [-0.05, 0) is 31.6 Å². The summed E-state index contributed by atoms with van der Waals surface area (Å²) in [5.74, 6) is -1.33. The van der Waals surface area contributed by atoms with Crippen LogP contribution in [0.1, 0.15) is 381 Å². The Morgan fingerprint density at radius 3 is 0.739 bits per heavy atom. The van der Waals surface area contributed by atoms with Gasteiger partial charge in [-0.25, -0.2) is 9.13 Å². The lowest BCUT2D eigenvalue weighted by Gasteiger charge is -2.21. The average molecular weight is 1350 g/mol. The Morgan fingerprint density at radius 2 is 0.500 bits per heavy atom. The molecular weight excluding hydrogens is 1210 g/mol. The van der Waals surface area contributed by atoms with E-state index in [1.54, 1.807) is 0 Å². The number of unbranched alkanes of at least 4 members (excludes halogenated alkanes) is 45. The zero-order chi connectivity index (χ0) is 67.7. The first-order valence-electron chi connectivity index (χ1n) is 38.1. The van der Waals surface area contributed by atoms with E-state index in [9.17, 15) is 43.2 Å². The second-order valence-electron chi connectivity index (χ2n) is 26.8. The number of hydrogen-bond donors (Lipinski definition) is 3. The van der Waals surface area contributed by atoms with Crippen molar-refractivity contribution in [2.45, 2.75) is 400 Å². The second kappa shape index (κ2) is 66.3. The van der Waals surface area contributed by atoms with Gasteiger partial charge in [-0.15, -0.1) is 0 Å². The number of hydrogen-bond acceptors (Lipinski definition) is 15. The fourth-order valence-electron chi connectivity index (χ4n) is 11.2. The van der Waals surface area contributed by atoms with Gasteiger partial charge >= 0.3 is 39.5 Å². The topological polar surface area (TPSA) is 237 Å². The van der Waals surface area contributed by atoms with Gasteiger partial charge in [0.15, 0.2) is 12.2 Å². The molecule has 0 saturated carbocycles. The van der Waals surface area contributed by atoms with Crippen LogP contribution in [0.25, 0.3) is 0 Å². The van der Waals surface area contributed by atoms with Gasteiger partial charge in [0.25, 0.3) is 0 Å². The number of phosphoric acid groups is 2. The van der Waals surface area contributed by atoms with Crippen molar-refractivity contribution < 1.29 is 80.2 Å². The molecule has 5 atom stereocenters. The van der Waals surface area contributed by atoms with Crippen molar-refractivity contribution in [2.24, 2.45) is 5.92 Å². The van der Waals surface area contributed by atoms with Gasteiger partial charge in [-0.3, -0.25) is 37.3 Å². The molecule has 17 nitrogen and oxygen atoms in total. The van der Waals surface area contributed by atoms with Crippen LogP contribution in [0.4, 0.5) is 0 Å². The molecule has 0 rings (SSSR count). The first kappa shape index (κ1) is 90.1. The second-order valence-corrected chi connectivity index (χ2v) is 29.7. The molecule has 2 unspecified atom stereocenters. The van der Waals surface area contributed by atoms with Crippen LogP contribution in [-0.4, -0.2) is 96.7 Å². The molecule has 0 aromatic rings. The smallest absolute Gasteiger partial charge is 0.462 e. The Hall–Kier alpha value is -1.94. The maximum Gasteiger partial charge on any atom is 0.472 e. The number of aliphatic hydroxyl groups excluding tert-OH is 1. The lowest BCUT2D eigenvalue weighted by molar-refractivity contribution is -0.161. The fraction of sp³-hybridized carbons (Fsp3) is 0.945. The summed E-state index contributed by atoms with van der Waals surface area (Å²) < 4.78 is 68.4. The highest BCUT2D eigenvalue weighted by molar-refractivity contribution is 7.47. The highest BCUT2D eigenvalue weighted by atomic mass is 31.2. The van der Waals surface area contributed by atoms with Gasteiger partial charge in [0, 0.05) is 25.7 Å². The lowest BCUT2D eigenvalue weighted by Crippen LogP contribution is -2.30. The maximum atomic E-state index is 13.1. The molecule has 3 N–H and O–H groups in total.